The van der Waals surface area contributed by atoms with Crippen LogP contribution in [0.4, 0.5) is 0 Å². The Balaban J connectivity index is 1.48. The van der Waals surface area contributed by atoms with Crippen LogP contribution >= 0.6 is 0 Å². The summed E-state index contributed by atoms with van der Waals surface area (Å²) >= 11 is 0. The molecule has 0 bridgehead atoms. The van der Waals surface area contributed by atoms with Crippen molar-refractivity contribution in [2.75, 3.05) is 13.1 Å². The number of rotatable bonds is 4. The van der Waals surface area contributed by atoms with Gasteiger partial charge in [0.2, 0.25) is 0 Å². The van der Waals surface area contributed by atoms with E-state index < -0.39 is 0 Å². The molecule has 1 N–H and O–H groups in total. The second-order valence-corrected chi connectivity index (χ2v) is 8.75. The summed E-state index contributed by atoms with van der Waals surface area (Å²) in [5.41, 5.74) is 1.90. The van der Waals surface area contributed by atoms with E-state index in [-0.39, 0.29) is 11.2 Å². The highest BCUT2D eigenvalue weighted by molar-refractivity contribution is 5.31. The van der Waals surface area contributed by atoms with Gasteiger partial charge < -0.3 is 10.1 Å². The smallest absolute Gasteiger partial charge is 0.0991 e. The maximum Gasteiger partial charge on any atom is 0.0991 e. The van der Waals surface area contributed by atoms with Gasteiger partial charge in [0, 0.05) is 18.6 Å². The molecule has 2 heterocycles. The van der Waals surface area contributed by atoms with Gasteiger partial charge in [-0.15, -0.1) is 0 Å². The van der Waals surface area contributed by atoms with E-state index in [1.807, 2.05) is 12.1 Å². The van der Waals surface area contributed by atoms with Crippen molar-refractivity contribution >= 4 is 0 Å². The predicted molar refractivity (Wildman–Crippen MR) is 100 cm³/mol. The second-order valence-electron chi connectivity index (χ2n) is 8.75. The summed E-state index contributed by atoms with van der Waals surface area (Å²) in [5.74, 6) is 0. The van der Waals surface area contributed by atoms with Gasteiger partial charge in [0.15, 0.2) is 0 Å². The van der Waals surface area contributed by atoms with Gasteiger partial charge in [-0.2, -0.15) is 5.26 Å². The van der Waals surface area contributed by atoms with Crippen LogP contribution in [-0.2, 0) is 11.3 Å². The van der Waals surface area contributed by atoms with Gasteiger partial charge in [-0.3, -0.25) is 4.90 Å². The number of hydrogen-bond acceptors (Lipinski definition) is 4. The second kappa shape index (κ2) is 7.07. The molecule has 0 radical (unpaired) electrons. The molecule has 0 aromatic heterocycles. The van der Waals surface area contributed by atoms with Crippen molar-refractivity contribution < 1.29 is 4.74 Å². The SMILES string of the molecule is CC1(C)C[C@@H](NC2CCN(Cc3ccc(C#N)cc3)CC2)C(C)(C)O1. The molecule has 25 heavy (non-hydrogen) atoms. The summed E-state index contributed by atoms with van der Waals surface area (Å²) in [7, 11) is 0. The zero-order chi connectivity index (χ0) is 18.1. The normalized spacial score (nSPS) is 26.4. The van der Waals surface area contributed by atoms with E-state index in [0.29, 0.717) is 12.1 Å². The Kier molecular flexibility index (Phi) is 5.20. The van der Waals surface area contributed by atoms with Crippen LogP contribution in [0.25, 0.3) is 0 Å². The zero-order valence-electron chi connectivity index (χ0n) is 16.0. The quantitative estimate of drug-likeness (QED) is 0.911. The third-order valence-electron chi connectivity index (χ3n) is 5.59. The van der Waals surface area contributed by atoms with E-state index >= 15 is 0 Å². The summed E-state index contributed by atoms with van der Waals surface area (Å²) in [6.45, 7) is 12.0. The van der Waals surface area contributed by atoms with Crippen LogP contribution in [-0.4, -0.2) is 41.3 Å². The molecule has 4 heteroatoms. The Morgan fingerprint density at radius 1 is 1.16 bits per heavy atom. The standard InChI is InChI=1S/C21H31N3O/c1-20(2)13-19(21(3,4)25-20)23-18-9-11-24(12-10-18)15-17-7-5-16(14-22)6-8-17/h5-8,18-19,23H,9-13,15H2,1-4H3/t19-/m1/s1. The van der Waals surface area contributed by atoms with Crippen molar-refractivity contribution in [2.24, 2.45) is 0 Å². The highest BCUT2D eigenvalue weighted by Crippen LogP contribution is 2.37. The molecule has 0 saturated carbocycles. The number of nitrogens with zero attached hydrogens (tertiary/aromatic N) is 2. The lowest BCUT2D eigenvalue weighted by Gasteiger charge is -2.36. The predicted octanol–water partition coefficient (Wildman–Crippen LogP) is 3.46. The van der Waals surface area contributed by atoms with Gasteiger partial charge >= 0.3 is 0 Å². The average Bonchev–Trinajstić information content (AvgIpc) is 2.77. The minimum atomic E-state index is -0.0941. The summed E-state index contributed by atoms with van der Waals surface area (Å²) in [6.07, 6.45) is 3.44. The summed E-state index contributed by atoms with van der Waals surface area (Å²) in [5, 5.41) is 12.8. The van der Waals surface area contributed by atoms with Crippen LogP contribution in [0.5, 0.6) is 0 Å². The fourth-order valence-electron chi connectivity index (χ4n) is 4.31. The van der Waals surface area contributed by atoms with E-state index in [4.69, 9.17) is 10.00 Å². The van der Waals surface area contributed by atoms with Crippen molar-refractivity contribution in [3.05, 3.63) is 35.4 Å². The zero-order valence-corrected chi connectivity index (χ0v) is 16.0. The number of benzene rings is 1. The molecule has 0 unspecified atom stereocenters. The molecular weight excluding hydrogens is 310 g/mol. The van der Waals surface area contributed by atoms with E-state index in [2.05, 4.69) is 56.1 Å². The molecule has 0 amide bonds. The molecule has 1 atom stereocenters. The van der Waals surface area contributed by atoms with Crippen molar-refractivity contribution in [1.29, 1.82) is 5.26 Å². The molecule has 2 fully saturated rings. The van der Waals surface area contributed by atoms with Crippen molar-refractivity contribution in [1.82, 2.24) is 10.2 Å². The first-order valence-electron chi connectivity index (χ1n) is 9.45. The molecule has 1 aromatic carbocycles. The molecule has 4 nitrogen and oxygen atoms in total. The van der Waals surface area contributed by atoms with Gasteiger partial charge in [0.1, 0.15) is 0 Å². The largest absolute Gasteiger partial charge is 0.368 e. The number of piperidine rings is 1. The number of hydrogen-bond donors (Lipinski definition) is 1. The molecule has 1 aromatic rings. The Hall–Kier alpha value is -1.41. The van der Waals surface area contributed by atoms with E-state index in [0.717, 1.165) is 31.6 Å². The maximum absolute atomic E-state index is 8.89. The molecule has 0 spiro atoms. The van der Waals surface area contributed by atoms with Gasteiger partial charge in [-0.1, -0.05) is 12.1 Å². The van der Waals surface area contributed by atoms with Gasteiger partial charge in [-0.05, 0) is 77.7 Å². The van der Waals surface area contributed by atoms with Crippen LogP contribution in [0, 0.1) is 11.3 Å². The molecular formula is C21H31N3O. The molecule has 3 rings (SSSR count). The Labute approximate surface area is 152 Å². The monoisotopic (exact) mass is 341 g/mol. The number of likely N-dealkylation sites (tertiary alicyclic amines) is 1. The third kappa shape index (κ3) is 4.61. The lowest BCUT2D eigenvalue weighted by Crippen LogP contribution is -2.51. The van der Waals surface area contributed by atoms with Crippen LogP contribution in [0.15, 0.2) is 24.3 Å². The fourth-order valence-corrected chi connectivity index (χ4v) is 4.31. The van der Waals surface area contributed by atoms with Gasteiger partial charge in [0.25, 0.3) is 0 Å². The van der Waals surface area contributed by atoms with Crippen molar-refractivity contribution in [2.45, 2.75) is 76.8 Å². The minimum Gasteiger partial charge on any atom is -0.368 e. The Morgan fingerprint density at radius 3 is 2.32 bits per heavy atom. The molecule has 2 aliphatic heterocycles. The number of nitrogens with one attached hydrogen (secondary N) is 1. The van der Waals surface area contributed by atoms with Crippen molar-refractivity contribution in [3.8, 4) is 6.07 Å². The number of nitriles is 1. The van der Waals surface area contributed by atoms with Crippen LogP contribution in [0.3, 0.4) is 0 Å². The summed E-state index contributed by atoms with van der Waals surface area (Å²) in [6, 6.07) is 11.2. The number of ether oxygens (including phenoxy) is 1. The summed E-state index contributed by atoms with van der Waals surface area (Å²) < 4.78 is 6.21. The van der Waals surface area contributed by atoms with Gasteiger partial charge in [0.05, 0.1) is 22.8 Å². The maximum atomic E-state index is 8.89. The van der Waals surface area contributed by atoms with E-state index in [9.17, 15) is 0 Å². The Bertz CT molecular complexity index is 622. The minimum absolute atomic E-state index is 0.0303. The first kappa shape index (κ1) is 18.4. The average molecular weight is 341 g/mol. The van der Waals surface area contributed by atoms with E-state index in [1.54, 1.807) is 0 Å². The highest BCUT2D eigenvalue weighted by Gasteiger charge is 2.46. The lowest BCUT2D eigenvalue weighted by atomic mass is 9.92. The topological polar surface area (TPSA) is 48.3 Å². The van der Waals surface area contributed by atoms with Crippen LogP contribution in [0.1, 0.15) is 58.1 Å². The van der Waals surface area contributed by atoms with Crippen LogP contribution in [0.2, 0.25) is 0 Å². The lowest BCUT2D eigenvalue weighted by molar-refractivity contribution is -0.0708. The van der Waals surface area contributed by atoms with Crippen LogP contribution < -0.4 is 5.32 Å². The summed E-state index contributed by atoms with van der Waals surface area (Å²) in [4.78, 5) is 2.51. The highest BCUT2D eigenvalue weighted by atomic mass is 16.5. The van der Waals surface area contributed by atoms with Crippen molar-refractivity contribution in [3.63, 3.8) is 0 Å². The third-order valence-corrected chi connectivity index (χ3v) is 5.59. The van der Waals surface area contributed by atoms with Gasteiger partial charge in [-0.25, -0.2) is 0 Å². The Morgan fingerprint density at radius 2 is 1.80 bits per heavy atom. The first-order chi connectivity index (χ1) is 11.8. The molecule has 2 aliphatic rings. The first-order valence-corrected chi connectivity index (χ1v) is 9.45. The molecule has 2 saturated heterocycles. The molecule has 136 valence electrons. The van der Waals surface area contributed by atoms with E-state index in [1.165, 1.54) is 18.4 Å². The molecule has 0 aliphatic carbocycles. The fraction of sp³-hybridized carbons (Fsp3) is 0.667.